The molecule has 3 heteroatoms. The highest BCUT2D eigenvalue weighted by Crippen LogP contribution is 2.14. The Labute approximate surface area is 150 Å². The monoisotopic (exact) mass is 338 g/mol. The minimum Gasteiger partial charge on any atom is -0.395 e. The smallest absolute Gasteiger partial charge is 0.0991 e. The molecular formula is C21H42N2O. The predicted octanol–water partition coefficient (Wildman–Crippen LogP) is 5.56. The number of nitrogens with zero attached hydrogens (tertiary/aromatic N) is 2. The molecule has 142 valence electrons. The van der Waals surface area contributed by atoms with Crippen molar-refractivity contribution >= 4 is 5.84 Å². The van der Waals surface area contributed by atoms with Gasteiger partial charge in [-0.25, -0.2) is 0 Å². The second-order valence-corrected chi connectivity index (χ2v) is 7.35. The molecule has 0 saturated heterocycles. The van der Waals surface area contributed by atoms with E-state index < -0.39 is 0 Å². The summed E-state index contributed by atoms with van der Waals surface area (Å²) in [4.78, 5) is 6.82. The Hall–Kier alpha value is -0.570. The molecule has 0 aromatic rings. The average molecular weight is 339 g/mol. The number of aliphatic hydroxyl groups excluding tert-OH is 1. The van der Waals surface area contributed by atoms with Gasteiger partial charge in [0.1, 0.15) is 0 Å². The van der Waals surface area contributed by atoms with Gasteiger partial charge in [-0.05, 0) is 6.42 Å². The zero-order chi connectivity index (χ0) is 17.3. The SMILES string of the molecule is CCCCCCCCCCCCCCCCC1=NCCN1CCO. The lowest BCUT2D eigenvalue weighted by atomic mass is 10.0. The van der Waals surface area contributed by atoms with Gasteiger partial charge in [0.2, 0.25) is 0 Å². The van der Waals surface area contributed by atoms with Crippen molar-refractivity contribution in [3.63, 3.8) is 0 Å². The maximum atomic E-state index is 9.04. The van der Waals surface area contributed by atoms with Gasteiger partial charge in [0, 0.05) is 19.5 Å². The highest BCUT2D eigenvalue weighted by Gasteiger charge is 2.14. The fourth-order valence-electron chi connectivity index (χ4n) is 3.61. The summed E-state index contributed by atoms with van der Waals surface area (Å²) >= 11 is 0. The van der Waals surface area contributed by atoms with Gasteiger partial charge in [-0.1, -0.05) is 90.4 Å². The van der Waals surface area contributed by atoms with Crippen LogP contribution in [0.25, 0.3) is 0 Å². The molecule has 1 aliphatic rings. The van der Waals surface area contributed by atoms with Crippen LogP contribution >= 0.6 is 0 Å². The number of β-amino-alcohol motifs (C(OH)–C–C–N with tert-alkyl or cyclic N) is 1. The van der Waals surface area contributed by atoms with Crippen LogP contribution in [0.4, 0.5) is 0 Å². The van der Waals surface area contributed by atoms with Gasteiger partial charge in [-0.15, -0.1) is 0 Å². The number of amidine groups is 1. The lowest BCUT2D eigenvalue weighted by Gasteiger charge is -2.18. The Morgan fingerprint density at radius 3 is 1.79 bits per heavy atom. The standard InChI is InChI=1S/C21H42N2O/c1-2-3-4-5-6-7-8-9-10-11-12-13-14-15-16-21-22-17-18-23(21)19-20-24/h24H,2-20H2,1H3. The molecule has 0 aromatic heterocycles. The maximum absolute atomic E-state index is 9.04. The van der Waals surface area contributed by atoms with Crippen molar-refractivity contribution in [2.75, 3.05) is 26.2 Å². The van der Waals surface area contributed by atoms with Crippen molar-refractivity contribution in [3.8, 4) is 0 Å². The molecule has 0 aromatic carbocycles. The number of aliphatic imine (C=N–C) groups is 1. The van der Waals surface area contributed by atoms with Crippen LogP contribution in [0.2, 0.25) is 0 Å². The number of hydrogen-bond acceptors (Lipinski definition) is 3. The second-order valence-electron chi connectivity index (χ2n) is 7.35. The first-order valence-electron chi connectivity index (χ1n) is 10.8. The highest BCUT2D eigenvalue weighted by molar-refractivity contribution is 5.83. The van der Waals surface area contributed by atoms with E-state index >= 15 is 0 Å². The Bertz CT molecular complexity index is 304. The molecule has 1 N–H and O–H groups in total. The van der Waals surface area contributed by atoms with E-state index in [0.717, 1.165) is 26.1 Å². The maximum Gasteiger partial charge on any atom is 0.0991 e. The van der Waals surface area contributed by atoms with E-state index in [1.807, 2.05) is 0 Å². The van der Waals surface area contributed by atoms with E-state index in [2.05, 4.69) is 16.8 Å². The van der Waals surface area contributed by atoms with Crippen molar-refractivity contribution in [1.82, 2.24) is 4.90 Å². The largest absolute Gasteiger partial charge is 0.395 e. The van der Waals surface area contributed by atoms with Crippen molar-refractivity contribution in [1.29, 1.82) is 0 Å². The molecule has 3 nitrogen and oxygen atoms in total. The summed E-state index contributed by atoms with van der Waals surface area (Å²) in [5, 5.41) is 9.04. The van der Waals surface area contributed by atoms with Gasteiger partial charge in [0.15, 0.2) is 0 Å². The molecular weight excluding hydrogens is 296 g/mol. The Morgan fingerprint density at radius 2 is 1.29 bits per heavy atom. The van der Waals surface area contributed by atoms with Gasteiger partial charge in [0.25, 0.3) is 0 Å². The third kappa shape index (κ3) is 11.1. The molecule has 0 radical (unpaired) electrons. The summed E-state index contributed by atoms with van der Waals surface area (Å²) in [5.74, 6) is 1.24. The lowest BCUT2D eigenvalue weighted by Crippen LogP contribution is -2.30. The number of rotatable bonds is 17. The fourth-order valence-corrected chi connectivity index (χ4v) is 3.61. The summed E-state index contributed by atoms with van der Waals surface area (Å²) in [6, 6.07) is 0. The van der Waals surface area contributed by atoms with E-state index in [-0.39, 0.29) is 6.61 Å². The molecule has 0 amide bonds. The van der Waals surface area contributed by atoms with Gasteiger partial charge < -0.3 is 10.0 Å². The molecule has 0 atom stereocenters. The molecule has 0 unspecified atom stereocenters. The van der Waals surface area contributed by atoms with Crippen LogP contribution in [0.3, 0.4) is 0 Å². The van der Waals surface area contributed by atoms with Crippen LogP contribution < -0.4 is 0 Å². The quantitative estimate of drug-likeness (QED) is 0.352. The van der Waals surface area contributed by atoms with E-state index in [0.29, 0.717) is 0 Å². The van der Waals surface area contributed by atoms with E-state index in [9.17, 15) is 0 Å². The zero-order valence-electron chi connectivity index (χ0n) is 16.3. The molecule has 1 aliphatic heterocycles. The van der Waals surface area contributed by atoms with Crippen LogP contribution in [0.1, 0.15) is 103 Å². The van der Waals surface area contributed by atoms with Gasteiger partial charge in [-0.2, -0.15) is 0 Å². The lowest BCUT2D eigenvalue weighted by molar-refractivity contribution is 0.255. The number of unbranched alkanes of at least 4 members (excludes halogenated alkanes) is 13. The Balaban J connectivity index is 1.78. The third-order valence-corrected chi connectivity index (χ3v) is 5.15. The van der Waals surface area contributed by atoms with Crippen LogP contribution in [0.15, 0.2) is 4.99 Å². The van der Waals surface area contributed by atoms with Gasteiger partial charge in [0.05, 0.1) is 19.0 Å². The van der Waals surface area contributed by atoms with Crippen LogP contribution in [0.5, 0.6) is 0 Å². The fraction of sp³-hybridized carbons (Fsp3) is 0.952. The Kier molecular flexibility index (Phi) is 14.3. The minimum absolute atomic E-state index is 0.248. The summed E-state index contributed by atoms with van der Waals surface area (Å²) in [5.41, 5.74) is 0. The summed E-state index contributed by atoms with van der Waals surface area (Å²) in [6.07, 6.45) is 20.8. The first-order valence-corrected chi connectivity index (χ1v) is 10.8. The van der Waals surface area contributed by atoms with E-state index in [1.54, 1.807) is 0 Å². The topological polar surface area (TPSA) is 35.8 Å². The van der Waals surface area contributed by atoms with Crippen molar-refractivity contribution in [3.05, 3.63) is 0 Å². The molecule has 0 spiro atoms. The number of aliphatic hydroxyl groups is 1. The average Bonchev–Trinajstić information content (AvgIpc) is 3.03. The third-order valence-electron chi connectivity index (χ3n) is 5.15. The van der Waals surface area contributed by atoms with Crippen molar-refractivity contribution in [2.24, 2.45) is 4.99 Å². The molecule has 0 saturated carbocycles. The summed E-state index contributed by atoms with van der Waals surface area (Å²) < 4.78 is 0. The van der Waals surface area contributed by atoms with E-state index in [4.69, 9.17) is 5.11 Å². The number of hydrogen-bond donors (Lipinski definition) is 1. The Morgan fingerprint density at radius 1 is 0.792 bits per heavy atom. The van der Waals surface area contributed by atoms with E-state index in [1.165, 1.54) is 95.7 Å². The van der Waals surface area contributed by atoms with Crippen molar-refractivity contribution in [2.45, 2.75) is 103 Å². The molecule has 1 rings (SSSR count). The first-order chi connectivity index (χ1) is 11.9. The normalized spacial score (nSPS) is 14.4. The first kappa shape index (κ1) is 21.5. The second kappa shape index (κ2) is 15.9. The van der Waals surface area contributed by atoms with Crippen molar-refractivity contribution < 1.29 is 5.11 Å². The summed E-state index contributed by atoms with van der Waals surface area (Å²) in [6.45, 7) is 5.23. The molecule has 0 aliphatic carbocycles. The molecule has 24 heavy (non-hydrogen) atoms. The van der Waals surface area contributed by atoms with Gasteiger partial charge >= 0.3 is 0 Å². The molecule has 0 fully saturated rings. The van der Waals surface area contributed by atoms with Crippen LogP contribution in [0, 0.1) is 0 Å². The minimum atomic E-state index is 0.248. The predicted molar refractivity (Wildman–Crippen MR) is 106 cm³/mol. The van der Waals surface area contributed by atoms with Crippen LogP contribution in [-0.2, 0) is 0 Å². The summed E-state index contributed by atoms with van der Waals surface area (Å²) in [7, 11) is 0. The molecule has 0 bridgehead atoms. The van der Waals surface area contributed by atoms with Gasteiger partial charge in [-0.3, -0.25) is 4.99 Å². The highest BCUT2D eigenvalue weighted by atomic mass is 16.3. The zero-order valence-corrected chi connectivity index (χ0v) is 16.3. The molecule has 1 heterocycles. The van der Waals surface area contributed by atoms with Crippen LogP contribution in [-0.4, -0.2) is 42.1 Å².